The first-order valence-electron chi connectivity index (χ1n) is 6.67. The molecule has 104 valence electrons. The zero-order chi connectivity index (χ0) is 13.4. The summed E-state index contributed by atoms with van der Waals surface area (Å²) in [5.41, 5.74) is 0. The third-order valence-corrected chi connectivity index (χ3v) is 4.26. The minimum absolute atomic E-state index is 0.00558. The third kappa shape index (κ3) is 2.70. The predicted molar refractivity (Wildman–Crippen MR) is 69.5 cm³/mol. The molecule has 1 saturated carbocycles. The fraction of sp³-hybridized carbons (Fsp3) is 0.571. The molecule has 3 rings (SSSR count). The van der Waals surface area contributed by atoms with Crippen LogP contribution in [0.3, 0.4) is 0 Å². The molecule has 1 aromatic carbocycles. The number of hydrogen-bond acceptors (Lipinski definition) is 2. The molecule has 2 fully saturated rings. The molecule has 19 heavy (non-hydrogen) atoms. The molecule has 0 spiro atoms. The second-order valence-electron chi connectivity index (χ2n) is 5.35. The highest BCUT2D eigenvalue weighted by atomic mass is 35.5. The quantitative estimate of drug-likeness (QED) is 0.857. The van der Waals surface area contributed by atoms with Gasteiger partial charge in [0, 0.05) is 12.5 Å². The van der Waals surface area contributed by atoms with E-state index >= 15 is 0 Å². The average molecular weight is 288 g/mol. The van der Waals surface area contributed by atoms with Crippen molar-refractivity contribution in [3.05, 3.63) is 28.8 Å². The minimum Gasteiger partial charge on any atom is -0.487 e. The van der Waals surface area contributed by atoms with Gasteiger partial charge in [0.1, 0.15) is 16.9 Å². The number of halogens is 3. The highest BCUT2D eigenvalue weighted by molar-refractivity contribution is 6.31. The van der Waals surface area contributed by atoms with E-state index in [1.807, 2.05) is 0 Å². The highest BCUT2D eigenvalue weighted by Gasteiger charge is 2.39. The maximum absolute atomic E-state index is 13.9. The van der Waals surface area contributed by atoms with Gasteiger partial charge >= 0.3 is 0 Å². The van der Waals surface area contributed by atoms with E-state index in [2.05, 4.69) is 5.32 Å². The molecular formula is C14H16ClF2NO. The number of benzene rings is 1. The van der Waals surface area contributed by atoms with Crippen molar-refractivity contribution >= 4 is 11.6 Å². The zero-order valence-electron chi connectivity index (χ0n) is 10.5. The minimum atomic E-state index is -0.793. The summed E-state index contributed by atoms with van der Waals surface area (Å²) in [4.78, 5) is 0. The van der Waals surface area contributed by atoms with Crippen LogP contribution in [0.15, 0.2) is 12.1 Å². The van der Waals surface area contributed by atoms with Gasteiger partial charge in [-0.25, -0.2) is 8.78 Å². The Bertz CT molecular complexity index is 473. The van der Waals surface area contributed by atoms with Crippen molar-refractivity contribution in [3.63, 3.8) is 0 Å². The van der Waals surface area contributed by atoms with Crippen LogP contribution in [0.4, 0.5) is 8.78 Å². The average Bonchev–Trinajstić information content (AvgIpc) is 3.10. The molecule has 2 atom stereocenters. The lowest BCUT2D eigenvalue weighted by atomic mass is 9.97. The van der Waals surface area contributed by atoms with Crippen molar-refractivity contribution < 1.29 is 13.5 Å². The Morgan fingerprint density at radius 3 is 2.63 bits per heavy atom. The van der Waals surface area contributed by atoms with Crippen LogP contribution in [0, 0.1) is 23.5 Å². The van der Waals surface area contributed by atoms with Crippen LogP contribution in [-0.4, -0.2) is 19.2 Å². The van der Waals surface area contributed by atoms with Crippen LogP contribution in [0.5, 0.6) is 5.75 Å². The summed E-state index contributed by atoms with van der Waals surface area (Å²) in [5.74, 6) is -0.589. The summed E-state index contributed by atoms with van der Waals surface area (Å²) in [6.45, 7) is 1.88. The first-order chi connectivity index (χ1) is 9.16. The fourth-order valence-corrected chi connectivity index (χ4v) is 2.86. The molecule has 0 bridgehead atoms. The van der Waals surface area contributed by atoms with Gasteiger partial charge in [0.2, 0.25) is 0 Å². The summed E-state index contributed by atoms with van der Waals surface area (Å²) in [6, 6.07) is 2.48. The molecule has 0 unspecified atom stereocenters. The first-order valence-corrected chi connectivity index (χ1v) is 7.05. The van der Waals surface area contributed by atoms with Crippen LogP contribution in [0.25, 0.3) is 0 Å². The van der Waals surface area contributed by atoms with Crippen molar-refractivity contribution in [3.8, 4) is 5.75 Å². The van der Waals surface area contributed by atoms with E-state index < -0.39 is 16.7 Å². The topological polar surface area (TPSA) is 21.3 Å². The standard InChI is InChI=1S/C14H16ClF2NO/c15-12-10(16)3-4-11(13(12)17)19-14(8-1-2-8)9-5-6-18-7-9/h3-4,8-9,14,18H,1-2,5-7H2/t9-,14-/m0/s1. The van der Waals surface area contributed by atoms with Crippen molar-refractivity contribution in [1.29, 1.82) is 0 Å². The van der Waals surface area contributed by atoms with E-state index in [0.29, 0.717) is 11.8 Å². The lowest BCUT2D eigenvalue weighted by Gasteiger charge is -2.24. The molecule has 5 heteroatoms. The molecule has 2 aliphatic rings. The first kappa shape index (κ1) is 13.1. The molecule has 0 aromatic heterocycles. The number of ether oxygens (including phenoxy) is 1. The Balaban J connectivity index is 1.80. The van der Waals surface area contributed by atoms with Crippen LogP contribution < -0.4 is 10.1 Å². The van der Waals surface area contributed by atoms with Crippen molar-refractivity contribution in [2.45, 2.75) is 25.4 Å². The molecule has 0 amide bonds. The van der Waals surface area contributed by atoms with E-state index in [9.17, 15) is 8.78 Å². The zero-order valence-corrected chi connectivity index (χ0v) is 11.2. The summed E-state index contributed by atoms with van der Waals surface area (Å²) < 4.78 is 32.8. The largest absolute Gasteiger partial charge is 0.487 e. The van der Waals surface area contributed by atoms with Crippen LogP contribution in [0.1, 0.15) is 19.3 Å². The number of hydrogen-bond donors (Lipinski definition) is 1. The third-order valence-electron chi connectivity index (χ3n) is 3.91. The summed E-state index contributed by atoms with van der Waals surface area (Å²) in [7, 11) is 0. The number of nitrogens with one attached hydrogen (secondary N) is 1. The van der Waals surface area contributed by atoms with Gasteiger partial charge in [-0.15, -0.1) is 0 Å². The Morgan fingerprint density at radius 2 is 2.00 bits per heavy atom. The van der Waals surface area contributed by atoms with Gasteiger partial charge in [-0.2, -0.15) is 0 Å². The molecule has 1 N–H and O–H groups in total. The van der Waals surface area contributed by atoms with E-state index in [0.717, 1.165) is 38.4 Å². The number of rotatable bonds is 4. The van der Waals surface area contributed by atoms with Crippen molar-refractivity contribution in [1.82, 2.24) is 5.32 Å². The van der Waals surface area contributed by atoms with Crippen molar-refractivity contribution in [2.75, 3.05) is 13.1 Å². The lowest BCUT2D eigenvalue weighted by molar-refractivity contribution is 0.115. The summed E-state index contributed by atoms with van der Waals surface area (Å²) in [5, 5.41) is 2.81. The fourth-order valence-electron chi connectivity index (χ4n) is 2.71. The van der Waals surface area contributed by atoms with Crippen LogP contribution in [0.2, 0.25) is 5.02 Å². The van der Waals surface area contributed by atoms with Crippen LogP contribution in [-0.2, 0) is 0 Å². The Morgan fingerprint density at radius 1 is 1.21 bits per heavy atom. The van der Waals surface area contributed by atoms with Crippen molar-refractivity contribution in [2.24, 2.45) is 11.8 Å². The smallest absolute Gasteiger partial charge is 0.186 e. The normalized spacial score (nSPS) is 24.5. The molecule has 0 radical (unpaired) electrons. The molecule has 1 heterocycles. The SMILES string of the molecule is Fc1ccc(O[C@@H](C2CC2)[C@H]2CCNC2)c(F)c1Cl. The molecule has 2 nitrogen and oxygen atoms in total. The van der Waals surface area contributed by atoms with E-state index in [-0.39, 0.29) is 11.9 Å². The maximum Gasteiger partial charge on any atom is 0.186 e. The predicted octanol–water partition coefficient (Wildman–Crippen LogP) is 3.39. The van der Waals surface area contributed by atoms with E-state index in [4.69, 9.17) is 16.3 Å². The van der Waals surface area contributed by atoms with Gasteiger partial charge in [-0.05, 0) is 43.9 Å². The van der Waals surface area contributed by atoms with E-state index in [1.165, 1.54) is 6.07 Å². The van der Waals surface area contributed by atoms with Gasteiger partial charge in [0.15, 0.2) is 11.6 Å². The van der Waals surface area contributed by atoms with Gasteiger partial charge in [-0.3, -0.25) is 0 Å². The van der Waals surface area contributed by atoms with Gasteiger partial charge in [-0.1, -0.05) is 11.6 Å². The molecule has 1 aromatic rings. The summed E-state index contributed by atoms with van der Waals surface area (Å²) in [6.07, 6.45) is 3.29. The van der Waals surface area contributed by atoms with Gasteiger partial charge in [0.05, 0.1) is 0 Å². The second kappa shape index (κ2) is 5.25. The molecule has 1 aliphatic carbocycles. The molecule has 1 saturated heterocycles. The van der Waals surface area contributed by atoms with Gasteiger partial charge < -0.3 is 10.1 Å². The summed E-state index contributed by atoms with van der Waals surface area (Å²) >= 11 is 5.58. The maximum atomic E-state index is 13.9. The molecular weight excluding hydrogens is 272 g/mol. The monoisotopic (exact) mass is 287 g/mol. The Hall–Kier alpha value is -0.870. The Labute approximate surface area is 116 Å². The van der Waals surface area contributed by atoms with Crippen LogP contribution >= 0.6 is 11.6 Å². The molecule has 1 aliphatic heterocycles. The van der Waals surface area contributed by atoms with Gasteiger partial charge in [0.25, 0.3) is 0 Å². The second-order valence-corrected chi connectivity index (χ2v) is 5.72. The lowest BCUT2D eigenvalue weighted by Crippen LogP contribution is -2.31. The van der Waals surface area contributed by atoms with E-state index in [1.54, 1.807) is 0 Å². The highest BCUT2D eigenvalue weighted by Crippen LogP contribution is 2.40. The Kier molecular flexibility index (Phi) is 3.63.